The molecule has 1 aromatic carbocycles. The Morgan fingerprint density at radius 2 is 1.80 bits per heavy atom. The number of rotatable bonds is 4. The Kier molecular flexibility index (Phi) is 5.30. The van der Waals surface area contributed by atoms with Gasteiger partial charge in [0.1, 0.15) is 21.9 Å². The molecule has 1 aromatic heterocycles. The van der Waals surface area contributed by atoms with Crippen LogP contribution in [-0.4, -0.2) is 29.8 Å². The number of carbonyl (C=O) groups excluding carboxylic acids is 1. The van der Waals surface area contributed by atoms with Crippen LogP contribution in [-0.2, 0) is 26.5 Å². The van der Waals surface area contributed by atoms with Crippen molar-refractivity contribution in [1.29, 1.82) is 0 Å². The molecule has 0 spiro atoms. The molecule has 0 fully saturated rings. The molecule has 0 saturated heterocycles. The number of amides is 1. The third kappa shape index (κ3) is 4.10. The fraction of sp³-hybridized carbons (Fsp3) is 0.545. The number of benzene rings is 1. The van der Waals surface area contributed by atoms with E-state index in [4.69, 9.17) is 9.26 Å². The molecule has 1 aliphatic heterocycles. The Labute approximate surface area is 178 Å². The molecule has 2 aromatic rings. The standard InChI is InChI=1S/C22H30N2O5S/c1-20(2,3)17-13-18(24-29-17)23-19(25)22(6,7)30(26,27)15-8-9-16-14(12-15)10-11-21(4,5)28-16/h8-9,12-13H,10-11H2,1-7H3,(H,23,24,25). The number of carbonyl (C=O) groups is 1. The number of anilines is 1. The Hall–Kier alpha value is -2.35. The van der Waals surface area contributed by atoms with Crippen LogP contribution in [0.3, 0.4) is 0 Å². The van der Waals surface area contributed by atoms with Crippen LogP contribution in [0.25, 0.3) is 0 Å². The molecular weight excluding hydrogens is 404 g/mol. The van der Waals surface area contributed by atoms with Crippen LogP contribution in [0.1, 0.15) is 66.2 Å². The number of ether oxygens (including phenoxy) is 1. The topological polar surface area (TPSA) is 98.5 Å². The van der Waals surface area contributed by atoms with Crippen LogP contribution < -0.4 is 10.1 Å². The van der Waals surface area contributed by atoms with Gasteiger partial charge in [-0.2, -0.15) is 0 Å². The molecule has 0 saturated carbocycles. The minimum Gasteiger partial charge on any atom is -0.488 e. The van der Waals surface area contributed by atoms with E-state index in [-0.39, 0.29) is 21.7 Å². The monoisotopic (exact) mass is 434 g/mol. The van der Waals surface area contributed by atoms with Crippen molar-refractivity contribution in [1.82, 2.24) is 5.16 Å². The number of nitrogens with one attached hydrogen (secondary N) is 1. The highest BCUT2D eigenvalue weighted by molar-refractivity contribution is 7.93. The fourth-order valence-electron chi connectivity index (χ4n) is 3.17. The van der Waals surface area contributed by atoms with Crippen molar-refractivity contribution >= 4 is 21.6 Å². The molecule has 1 amide bonds. The number of fused-ring (bicyclic) bond motifs is 1. The minimum atomic E-state index is -3.97. The molecule has 2 heterocycles. The average Bonchev–Trinajstić information content (AvgIpc) is 3.09. The normalized spacial score (nSPS) is 16.5. The average molecular weight is 435 g/mol. The van der Waals surface area contributed by atoms with Crippen molar-refractivity contribution in [3.63, 3.8) is 0 Å². The SMILES string of the molecule is CC1(C)CCc2cc(S(=O)(=O)C(C)(C)C(=O)Nc3cc(C(C)(C)C)on3)ccc2O1. The second-order valence-electron chi connectivity index (χ2n) is 9.93. The maximum Gasteiger partial charge on any atom is 0.246 e. The first-order valence-electron chi connectivity index (χ1n) is 9.99. The second-order valence-corrected chi connectivity index (χ2v) is 12.4. The first-order chi connectivity index (χ1) is 13.6. The first kappa shape index (κ1) is 22.3. The fourth-order valence-corrected chi connectivity index (χ4v) is 4.60. The van der Waals surface area contributed by atoms with Gasteiger partial charge in [0.25, 0.3) is 0 Å². The third-order valence-corrected chi connectivity index (χ3v) is 7.84. The summed E-state index contributed by atoms with van der Waals surface area (Å²) in [6.07, 6.45) is 1.50. The molecule has 8 heteroatoms. The zero-order valence-electron chi connectivity index (χ0n) is 18.6. The molecule has 0 bridgehead atoms. The summed E-state index contributed by atoms with van der Waals surface area (Å²) < 4.78 is 36.1. The smallest absolute Gasteiger partial charge is 0.246 e. The molecular formula is C22H30N2O5S. The lowest BCUT2D eigenvalue weighted by Gasteiger charge is -2.33. The van der Waals surface area contributed by atoms with E-state index in [9.17, 15) is 13.2 Å². The number of sulfone groups is 1. The lowest BCUT2D eigenvalue weighted by atomic mass is 9.93. The molecule has 0 radical (unpaired) electrons. The van der Waals surface area contributed by atoms with Gasteiger partial charge < -0.3 is 14.6 Å². The molecule has 30 heavy (non-hydrogen) atoms. The van der Waals surface area contributed by atoms with Crippen molar-refractivity contribution in [3.8, 4) is 5.75 Å². The summed E-state index contributed by atoms with van der Waals surface area (Å²) in [4.78, 5) is 13.0. The van der Waals surface area contributed by atoms with Crippen molar-refractivity contribution in [3.05, 3.63) is 35.6 Å². The Morgan fingerprint density at radius 3 is 2.40 bits per heavy atom. The van der Waals surface area contributed by atoms with Crippen LogP contribution in [0.5, 0.6) is 5.75 Å². The van der Waals surface area contributed by atoms with E-state index in [0.29, 0.717) is 17.9 Å². The Bertz CT molecular complexity index is 1080. The van der Waals surface area contributed by atoms with Crippen molar-refractivity contribution in [2.45, 2.75) is 82.0 Å². The summed E-state index contributed by atoms with van der Waals surface area (Å²) >= 11 is 0. The number of aryl methyl sites for hydroxylation is 1. The van der Waals surface area contributed by atoms with Crippen molar-refractivity contribution < 1.29 is 22.5 Å². The highest BCUT2D eigenvalue weighted by Crippen LogP contribution is 2.36. The highest BCUT2D eigenvalue weighted by Gasteiger charge is 2.44. The molecule has 0 aliphatic carbocycles. The zero-order chi connectivity index (χ0) is 22.5. The van der Waals surface area contributed by atoms with Gasteiger partial charge in [-0.05, 0) is 64.3 Å². The first-order valence-corrected chi connectivity index (χ1v) is 11.5. The third-order valence-electron chi connectivity index (χ3n) is 5.43. The number of nitrogens with zero attached hydrogens (tertiary/aromatic N) is 1. The predicted molar refractivity (Wildman–Crippen MR) is 115 cm³/mol. The van der Waals surface area contributed by atoms with Gasteiger partial charge in [0.05, 0.1) is 4.90 Å². The van der Waals surface area contributed by atoms with Gasteiger partial charge in [-0.1, -0.05) is 25.9 Å². The van der Waals surface area contributed by atoms with Crippen LogP contribution in [0, 0.1) is 0 Å². The summed E-state index contributed by atoms with van der Waals surface area (Å²) in [7, 11) is -3.97. The summed E-state index contributed by atoms with van der Waals surface area (Å²) in [6.45, 7) is 12.6. The van der Waals surface area contributed by atoms with E-state index in [0.717, 1.165) is 12.0 Å². The molecule has 1 N–H and O–H groups in total. The number of hydrogen-bond acceptors (Lipinski definition) is 6. The van der Waals surface area contributed by atoms with E-state index in [1.807, 2.05) is 34.6 Å². The largest absolute Gasteiger partial charge is 0.488 e. The van der Waals surface area contributed by atoms with E-state index in [1.54, 1.807) is 18.2 Å². The van der Waals surface area contributed by atoms with Crippen molar-refractivity contribution in [2.24, 2.45) is 0 Å². The summed E-state index contributed by atoms with van der Waals surface area (Å²) in [5.74, 6) is 0.793. The molecule has 0 unspecified atom stereocenters. The van der Waals surface area contributed by atoms with E-state index < -0.39 is 20.5 Å². The van der Waals surface area contributed by atoms with Crippen LogP contribution in [0.4, 0.5) is 5.82 Å². The van der Waals surface area contributed by atoms with Crippen LogP contribution in [0.15, 0.2) is 33.7 Å². The lowest BCUT2D eigenvalue weighted by molar-refractivity contribution is -0.117. The van der Waals surface area contributed by atoms with Crippen LogP contribution in [0.2, 0.25) is 0 Å². The second kappa shape index (κ2) is 7.11. The molecule has 7 nitrogen and oxygen atoms in total. The minimum absolute atomic E-state index is 0.0974. The lowest BCUT2D eigenvalue weighted by Crippen LogP contribution is -2.44. The van der Waals surface area contributed by atoms with E-state index >= 15 is 0 Å². The van der Waals surface area contributed by atoms with Crippen LogP contribution >= 0.6 is 0 Å². The quantitative estimate of drug-likeness (QED) is 0.772. The zero-order valence-corrected chi connectivity index (χ0v) is 19.4. The van der Waals surface area contributed by atoms with E-state index in [1.165, 1.54) is 19.9 Å². The van der Waals surface area contributed by atoms with Gasteiger partial charge in [-0.15, -0.1) is 0 Å². The number of aromatic nitrogens is 1. The molecule has 0 atom stereocenters. The van der Waals surface area contributed by atoms with Gasteiger partial charge in [0.2, 0.25) is 5.91 Å². The molecule has 3 rings (SSSR count). The van der Waals surface area contributed by atoms with Gasteiger partial charge in [-0.25, -0.2) is 8.42 Å². The van der Waals surface area contributed by atoms with Gasteiger partial charge in [0, 0.05) is 11.5 Å². The van der Waals surface area contributed by atoms with Gasteiger partial charge >= 0.3 is 0 Å². The summed E-state index contributed by atoms with van der Waals surface area (Å²) in [6, 6.07) is 6.39. The van der Waals surface area contributed by atoms with Crippen molar-refractivity contribution in [2.75, 3.05) is 5.32 Å². The molecule has 1 aliphatic rings. The summed E-state index contributed by atoms with van der Waals surface area (Å²) in [5, 5.41) is 6.42. The summed E-state index contributed by atoms with van der Waals surface area (Å²) in [5.41, 5.74) is 0.269. The maximum atomic E-state index is 13.3. The Morgan fingerprint density at radius 1 is 1.13 bits per heavy atom. The number of hydrogen-bond donors (Lipinski definition) is 1. The Balaban J connectivity index is 1.86. The van der Waals surface area contributed by atoms with Gasteiger partial charge in [0.15, 0.2) is 15.7 Å². The van der Waals surface area contributed by atoms with E-state index in [2.05, 4.69) is 10.5 Å². The maximum absolute atomic E-state index is 13.3. The molecule has 164 valence electrons. The highest BCUT2D eigenvalue weighted by atomic mass is 32.2. The van der Waals surface area contributed by atoms with Gasteiger partial charge in [-0.3, -0.25) is 4.79 Å². The predicted octanol–water partition coefficient (Wildman–Crippen LogP) is 4.27.